The summed E-state index contributed by atoms with van der Waals surface area (Å²) in [5, 5.41) is 0. The Kier molecular flexibility index (Phi) is 4.49. The second kappa shape index (κ2) is 5.91. The van der Waals surface area contributed by atoms with E-state index in [2.05, 4.69) is 60.1 Å². The normalized spacial score (nSPS) is 10.7. The molecular formula is C15H16BrNS. The number of halogens is 1. The molecule has 0 atom stereocenters. The molecule has 18 heavy (non-hydrogen) atoms. The molecule has 2 N–H and O–H groups in total. The van der Waals surface area contributed by atoms with Crippen LogP contribution < -0.4 is 5.73 Å². The van der Waals surface area contributed by atoms with Crippen molar-refractivity contribution in [2.45, 2.75) is 30.2 Å². The molecular weight excluding hydrogens is 306 g/mol. The Balaban J connectivity index is 2.33. The highest BCUT2D eigenvalue weighted by Crippen LogP contribution is 2.33. The van der Waals surface area contributed by atoms with Crippen LogP contribution in [0.25, 0.3) is 0 Å². The minimum absolute atomic E-state index is 0.570. The third kappa shape index (κ3) is 3.16. The average molecular weight is 322 g/mol. The van der Waals surface area contributed by atoms with Crippen LogP contribution >= 0.6 is 27.7 Å². The number of rotatable bonds is 3. The van der Waals surface area contributed by atoms with Gasteiger partial charge in [0.15, 0.2) is 0 Å². The van der Waals surface area contributed by atoms with Crippen molar-refractivity contribution in [3.05, 3.63) is 57.6 Å². The molecule has 0 fully saturated rings. The third-order valence-electron chi connectivity index (χ3n) is 2.96. The fourth-order valence-electron chi connectivity index (χ4n) is 1.70. The van der Waals surface area contributed by atoms with Gasteiger partial charge >= 0.3 is 0 Å². The zero-order valence-electron chi connectivity index (χ0n) is 10.5. The monoisotopic (exact) mass is 321 g/mol. The van der Waals surface area contributed by atoms with Gasteiger partial charge in [-0.25, -0.2) is 0 Å². The van der Waals surface area contributed by atoms with Gasteiger partial charge in [0.1, 0.15) is 0 Å². The van der Waals surface area contributed by atoms with Gasteiger partial charge in [0, 0.05) is 20.8 Å². The van der Waals surface area contributed by atoms with Crippen molar-refractivity contribution in [1.29, 1.82) is 0 Å². The maximum Gasteiger partial charge on any atom is 0.0189 e. The van der Waals surface area contributed by atoms with E-state index in [1.54, 1.807) is 11.8 Å². The van der Waals surface area contributed by atoms with E-state index in [4.69, 9.17) is 5.73 Å². The van der Waals surface area contributed by atoms with Crippen molar-refractivity contribution < 1.29 is 0 Å². The van der Waals surface area contributed by atoms with Crippen LogP contribution in [0.4, 0.5) is 0 Å². The maximum absolute atomic E-state index is 5.78. The van der Waals surface area contributed by atoms with E-state index in [-0.39, 0.29) is 0 Å². The predicted octanol–water partition coefficient (Wildman–Crippen LogP) is 4.68. The molecule has 0 aliphatic carbocycles. The fourth-order valence-corrected chi connectivity index (χ4v) is 3.30. The van der Waals surface area contributed by atoms with E-state index in [9.17, 15) is 0 Å². The Morgan fingerprint density at radius 2 is 1.83 bits per heavy atom. The topological polar surface area (TPSA) is 26.0 Å². The smallest absolute Gasteiger partial charge is 0.0189 e. The Hall–Kier alpha value is -0.770. The lowest BCUT2D eigenvalue weighted by Crippen LogP contribution is -1.98. The lowest BCUT2D eigenvalue weighted by Gasteiger charge is -2.09. The van der Waals surface area contributed by atoms with E-state index in [0.717, 1.165) is 4.47 Å². The van der Waals surface area contributed by atoms with Crippen LogP contribution in [0.1, 0.15) is 16.7 Å². The molecule has 0 aliphatic heterocycles. The van der Waals surface area contributed by atoms with Gasteiger partial charge in [0.25, 0.3) is 0 Å². The van der Waals surface area contributed by atoms with Gasteiger partial charge in [0.05, 0.1) is 0 Å². The summed E-state index contributed by atoms with van der Waals surface area (Å²) < 4.78 is 1.09. The summed E-state index contributed by atoms with van der Waals surface area (Å²) in [7, 11) is 0. The quantitative estimate of drug-likeness (QED) is 0.888. The third-order valence-corrected chi connectivity index (χ3v) is 4.54. The van der Waals surface area contributed by atoms with Crippen LogP contribution in [0.3, 0.4) is 0 Å². The zero-order chi connectivity index (χ0) is 13.1. The summed E-state index contributed by atoms with van der Waals surface area (Å²) in [5.74, 6) is 0. The standard InChI is InChI=1S/C15H16BrNS/c1-10-3-6-14(7-11(10)2)18-15-8-13(16)5-4-12(15)9-17/h3-8H,9,17H2,1-2H3. The first-order valence-corrected chi connectivity index (χ1v) is 7.44. The number of hydrogen-bond acceptors (Lipinski definition) is 2. The van der Waals surface area contributed by atoms with E-state index in [1.807, 2.05) is 6.07 Å². The van der Waals surface area contributed by atoms with Crippen molar-refractivity contribution in [2.24, 2.45) is 5.73 Å². The molecule has 2 aromatic rings. The lowest BCUT2D eigenvalue weighted by molar-refractivity contribution is 1.02. The highest BCUT2D eigenvalue weighted by atomic mass is 79.9. The number of hydrogen-bond donors (Lipinski definition) is 1. The molecule has 2 rings (SSSR count). The second-order valence-electron chi connectivity index (χ2n) is 4.30. The molecule has 0 aromatic heterocycles. The fraction of sp³-hybridized carbons (Fsp3) is 0.200. The Bertz CT molecular complexity index is 566. The van der Waals surface area contributed by atoms with E-state index in [1.165, 1.54) is 26.5 Å². The average Bonchev–Trinajstić information content (AvgIpc) is 2.34. The molecule has 0 unspecified atom stereocenters. The summed E-state index contributed by atoms with van der Waals surface area (Å²) in [6.45, 7) is 4.85. The van der Waals surface area contributed by atoms with Crippen molar-refractivity contribution in [3.8, 4) is 0 Å². The van der Waals surface area contributed by atoms with Gasteiger partial charge in [-0.1, -0.05) is 39.8 Å². The van der Waals surface area contributed by atoms with Gasteiger partial charge in [0.2, 0.25) is 0 Å². The van der Waals surface area contributed by atoms with Crippen molar-refractivity contribution in [2.75, 3.05) is 0 Å². The molecule has 0 spiro atoms. The van der Waals surface area contributed by atoms with Crippen molar-refractivity contribution in [1.82, 2.24) is 0 Å². The predicted molar refractivity (Wildman–Crippen MR) is 82.1 cm³/mol. The van der Waals surface area contributed by atoms with Crippen LogP contribution in [0.15, 0.2) is 50.7 Å². The van der Waals surface area contributed by atoms with Crippen molar-refractivity contribution in [3.63, 3.8) is 0 Å². The molecule has 94 valence electrons. The highest BCUT2D eigenvalue weighted by Gasteiger charge is 2.05. The largest absolute Gasteiger partial charge is 0.326 e. The summed E-state index contributed by atoms with van der Waals surface area (Å²) in [4.78, 5) is 2.47. The van der Waals surface area contributed by atoms with Gasteiger partial charge in [-0.2, -0.15) is 0 Å². The summed E-state index contributed by atoms with van der Waals surface area (Å²) in [6, 6.07) is 12.8. The Morgan fingerprint density at radius 3 is 2.50 bits per heavy atom. The number of benzene rings is 2. The zero-order valence-corrected chi connectivity index (χ0v) is 12.9. The van der Waals surface area contributed by atoms with Gasteiger partial charge in [-0.05, 0) is 54.8 Å². The van der Waals surface area contributed by atoms with Gasteiger partial charge in [-0.15, -0.1) is 0 Å². The Morgan fingerprint density at radius 1 is 1.06 bits per heavy atom. The maximum atomic E-state index is 5.78. The summed E-state index contributed by atoms with van der Waals surface area (Å²) in [5.41, 5.74) is 9.61. The van der Waals surface area contributed by atoms with Crippen LogP contribution in [0.5, 0.6) is 0 Å². The van der Waals surface area contributed by atoms with Crippen LogP contribution in [-0.4, -0.2) is 0 Å². The van der Waals surface area contributed by atoms with E-state index < -0.39 is 0 Å². The molecule has 0 heterocycles. The SMILES string of the molecule is Cc1ccc(Sc2cc(Br)ccc2CN)cc1C. The van der Waals surface area contributed by atoms with Crippen molar-refractivity contribution >= 4 is 27.7 Å². The van der Waals surface area contributed by atoms with Crippen LogP contribution in [-0.2, 0) is 6.54 Å². The first-order chi connectivity index (χ1) is 8.60. The molecule has 0 saturated carbocycles. The first-order valence-electron chi connectivity index (χ1n) is 5.84. The minimum atomic E-state index is 0.570. The van der Waals surface area contributed by atoms with Gasteiger partial charge < -0.3 is 5.73 Å². The molecule has 3 heteroatoms. The molecule has 0 amide bonds. The molecule has 0 radical (unpaired) electrons. The highest BCUT2D eigenvalue weighted by molar-refractivity contribution is 9.10. The number of nitrogens with two attached hydrogens (primary N) is 1. The lowest BCUT2D eigenvalue weighted by atomic mass is 10.1. The molecule has 2 aromatic carbocycles. The second-order valence-corrected chi connectivity index (χ2v) is 6.34. The Labute approximate surface area is 121 Å². The molecule has 0 bridgehead atoms. The molecule has 1 nitrogen and oxygen atoms in total. The summed E-state index contributed by atoms with van der Waals surface area (Å²) in [6.07, 6.45) is 0. The number of aryl methyl sites for hydroxylation is 2. The van der Waals surface area contributed by atoms with Crippen LogP contribution in [0, 0.1) is 13.8 Å². The van der Waals surface area contributed by atoms with E-state index in [0.29, 0.717) is 6.54 Å². The first kappa shape index (κ1) is 13.7. The molecule has 0 saturated heterocycles. The minimum Gasteiger partial charge on any atom is -0.326 e. The molecule has 0 aliphatic rings. The van der Waals surface area contributed by atoms with Gasteiger partial charge in [-0.3, -0.25) is 0 Å². The van der Waals surface area contributed by atoms with E-state index >= 15 is 0 Å². The summed E-state index contributed by atoms with van der Waals surface area (Å²) >= 11 is 5.28. The van der Waals surface area contributed by atoms with Crippen LogP contribution in [0.2, 0.25) is 0 Å².